The monoisotopic (exact) mass is 741 g/mol. The molecule has 2 aromatic rings. The molecule has 3 fully saturated rings. The number of aliphatic imine (C=N–C) groups is 1. The number of hydrogen-bond acceptors (Lipinski definition) is 11. The van der Waals surface area contributed by atoms with Gasteiger partial charge in [0, 0.05) is 44.6 Å². The second-order valence-corrected chi connectivity index (χ2v) is 16.6. The van der Waals surface area contributed by atoms with Gasteiger partial charge in [0.25, 0.3) is 17.7 Å². The number of primary amides is 1. The van der Waals surface area contributed by atoms with E-state index in [2.05, 4.69) is 20.6 Å². The molecule has 3 heterocycles. The average Bonchev–Trinajstić information content (AvgIpc) is 3.80. The van der Waals surface area contributed by atoms with E-state index in [1.54, 1.807) is 13.8 Å². The van der Waals surface area contributed by atoms with Gasteiger partial charge >= 0.3 is 0 Å². The smallest absolute Gasteiger partial charge is 0.287 e. The lowest BCUT2D eigenvalue weighted by Gasteiger charge is -2.37. The van der Waals surface area contributed by atoms with Gasteiger partial charge in [-0.1, -0.05) is 44.2 Å². The fourth-order valence-corrected chi connectivity index (χ4v) is 8.15. The van der Waals surface area contributed by atoms with Crippen LogP contribution in [0.25, 0.3) is 0 Å². The van der Waals surface area contributed by atoms with Crippen molar-refractivity contribution in [2.45, 2.75) is 107 Å². The van der Waals surface area contributed by atoms with Crippen LogP contribution in [-0.2, 0) is 39.4 Å². The van der Waals surface area contributed by atoms with Crippen molar-refractivity contribution in [2.24, 2.45) is 16.6 Å². The number of rotatable bonds is 12. The van der Waals surface area contributed by atoms with E-state index in [4.69, 9.17) is 10.5 Å². The molecule has 5 rings (SSSR count). The molecule has 4 N–H and O–H groups in total. The van der Waals surface area contributed by atoms with Crippen molar-refractivity contribution in [1.82, 2.24) is 25.2 Å². The number of nitrogens with zero attached hydrogens (tertiary/aromatic N) is 5. The Bertz CT molecular complexity index is 1820. The number of Topliss-reactive ketones (excluding diaryl/α,β-unsaturated/α-hetero) is 1. The number of nitrogens with two attached hydrogens (primary N) is 1. The molecular formula is C35H47N7O9S. The van der Waals surface area contributed by atoms with Crippen LogP contribution in [0.5, 0.6) is 0 Å². The number of ether oxygens (including phenoxy) is 1. The summed E-state index contributed by atoms with van der Waals surface area (Å²) in [4.78, 5) is 73.4. The highest BCUT2D eigenvalue weighted by molar-refractivity contribution is 7.91. The maximum Gasteiger partial charge on any atom is 0.287 e. The summed E-state index contributed by atoms with van der Waals surface area (Å²) >= 11 is 0. The molecule has 2 saturated heterocycles. The Morgan fingerprint density at radius 3 is 2.33 bits per heavy atom. The molecule has 282 valence electrons. The highest BCUT2D eigenvalue weighted by Gasteiger charge is 2.49. The summed E-state index contributed by atoms with van der Waals surface area (Å²) in [6.07, 6.45) is 6.17. The lowest BCUT2D eigenvalue weighted by Crippen LogP contribution is -2.63. The second kappa shape index (κ2) is 15.7. The van der Waals surface area contributed by atoms with Gasteiger partial charge in [-0.05, 0) is 50.5 Å². The predicted octanol–water partition coefficient (Wildman–Crippen LogP) is 1.41. The van der Waals surface area contributed by atoms with Crippen LogP contribution in [0.15, 0.2) is 40.4 Å². The van der Waals surface area contributed by atoms with Crippen LogP contribution in [-0.4, -0.2) is 106 Å². The molecule has 0 bridgehead atoms. The second-order valence-electron chi connectivity index (χ2n) is 14.4. The molecule has 17 heteroatoms. The van der Waals surface area contributed by atoms with Crippen molar-refractivity contribution in [3.63, 3.8) is 0 Å². The van der Waals surface area contributed by atoms with Crippen LogP contribution >= 0.6 is 0 Å². The number of carbonyl (C=O) groups excluding carboxylic acids is 5. The molecule has 0 radical (unpaired) electrons. The minimum absolute atomic E-state index is 0.000620. The Morgan fingerprint density at radius 2 is 1.73 bits per heavy atom. The van der Waals surface area contributed by atoms with Gasteiger partial charge in [-0.3, -0.25) is 24.0 Å². The zero-order valence-corrected chi connectivity index (χ0v) is 30.6. The van der Waals surface area contributed by atoms with Crippen LogP contribution in [0.2, 0.25) is 0 Å². The molecule has 2 aliphatic heterocycles. The quantitative estimate of drug-likeness (QED) is 0.208. The van der Waals surface area contributed by atoms with Crippen molar-refractivity contribution in [2.75, 3.05) is 25.5 Å². The highest BCUT2D eigenvalue weighted by atomic mass is 32.2. The van der Waals surface area contributed by atoms with E-state index < -0.39 is 62.5 Å². The number of nitrogens with one attached hydrogen (secondary N) is 1. The molecule has 3 aliphatic rings. The van der Waals surface area contributed by atoms with Crippen molar-refractivity contribution in [3.05, 3.63) is 41.7 Å². The third-order valence-electron chi connectivity index (χ3n) is 10.3. The summed E-state index contributed by atoms with van der Waals surface area (Å²) in [5.41, 5.74) is 2.76. The molecule has 0 unspecified atom stereocenters. The van der Waals surface area contributed by atoms with E-state index in [1.807, 2.05) is 0 Å². The summed E-state index contributed by atoms with van der Waals surface area (Å²) in [5, 5.41) is 21.7. The first-order valence-electron chi connectivity index (χ1n) is 17.7. The van der Waals surface area contributed by atoms with Gasteiger partial charge in [-0.2, -0.15) is 0 Å². The fourth-order valence-electron chi connectivity index (χ4n) is 7.27. The largest absolute Gasteiger partial charge is 0.384 e. The number of likely N-dealkylation sites (tertiary alicyclic amines) is 1. The normalized spacial score (nSPS) is 21.5. The number of hydrogen-bond donors (Lipinski definition) is 3. The predicted molar refractivity (Wildman–Crippen MR) is 187 cm³/mol. The lowest BCUT2D eigenvalue weighted by atomic mass is 9.84. The lowest BCUT2D eigenvalue weighted by molar-refractivity contribution is -0.146. The summed E-state index contributed by atoms with van der Waals surface area (Å²) < 4.78 is 31.5. The van der Waals surface area contributed by atoms with Gasteiger partial charge in [0.2, 0.25) is 11.7 Å². The number of sulfone groups is 1. The zero-order valence-electron chi connectivity index (χ0n) is 29.7. The minimum Gasteiger partial charge on any atom is -0.384 e. The number of aromatic nitrogens is 3. The summed E-state index contributed by atoms with van der Waals surface area (Å²) in [6.45, 7) is 4.73. The molecule has 16 nitrogen and oxygen atoms in total. The van der Waals surface area contributed by atoms with E-state index in [1.165, 1.54) is 47.0 Å². The van der Waals surface area contributed by atoms with E-state index >= 15 is 0 Å². The topological polar surface area (TPSA) is 233 Å². The maximum atomic E-state index is 14.7. The van der Waals surface area contributed by atoms with Gasteiger partial charge in [0.05, 0.1) is 28.6 Å². The molecule has 2 atom stereocenters. The standard InChI is InChI=1S/C35H47N7O9S/c1-4-52(49,50)25-12-10-23(11-13-25)31(45)38-26(18-22-8-6-5-7-9-22)33(47)41-21-24(42-28(20-37-40-42)34(2,3)48)19-27(41)32(46)39-35(29(43)30(36)44)14-16-51-17-15-35/h10-13,20,22,24,27,48H,4-9,14-19,21H2,1-3H3,(H2,36,44)(H,39,46)/t24-,27-/m0/s1. The van der Waals surface area contributed by atoms with Gasteiger partial charge in [0.1, 0.15) is 22.9 Å². The van der Waals surface area contributed by atoms with Crippen LogP contribution in [0.4, 0.5) is 0 Å². The molecule has 1 aromatic carbocycles. The average molecular weight is 742 g/mol. The zero-order chi connectivity index (χ0) is 37.8. The van der Waals surface area contributed by atoms with Crippen molar-refractivity contribution >= 4 is 45.0 Å². The first-order valence-corrected chi connectivity index (χ1v) is 19.3. The van der Waals surface area contributed by atoms with Crippen LogP contribution in [0.3, 0.4) is 0 Å². The Labute approximate surface area is 302 Å². The van der Waals surface area contributed by atoms with E-state index in [-0.39, 0.29) is 73.3 Å². The summed E-state index contributed by atoms with van der Waals surface area (Å²) in [7, 11) is -3.51. The van der Waals surface area contributed by atoms with Gasteiger partial charge in [0.15, 0.2) is 9.84 Å². The fraction of sp³-hybridized carbons (Fsp3) is 0.600. The molecule has 0 spiro atoms. The Kier molecular flexibility index (Phi) is 11.7. The van der Waals surface area contributed by atoms with Gasteiger partial charge in [-0.25, -0.2) is 18.1 Å². The third-order valence-corrected chi connectivity index (χ3v) is 12.0. The van der Waals surface area contributed by atoms with Crippen molar-refractivity contribution in [1.29, 1.82) is 0 Å². The van der Waals surface area contributed by atoms with E-state index in [9.17, 15) is 37.5 Å². The SMILES string of the molecule is CCS(=O)(=O)c1ccc(C(=O)N=C(CC2CCCCC2)C(=O)N2C[C@@H](n3nncc3C(C)(C)O)C[C@H]2C(=O)NC2(C(=O)C(N)=O)CCOCC2)cc1. The van der Waals surface area contributed by atoms with Crippen molar-refractivity contribution < 1.29 is 42.2 Å². The Morgan fingerprint density at radius 1 is 1.08 bits per heavy atom. The first-order chi connectivity index (χ1) is 24.6. The first kappa shape index (κ1) is 38.9. The van der Waals surface area contributed by atoms with E-state index in [0.29, 0.717) is 5.69 Å². The number of carbonyl (C=O) groups is 5. The van der Waals surface area contributed by atoms with Crippen molar-refractivity contribution in [3.8, 4) is 0 Å². The Hall–Kier alpha value is -4.35. The van der Waals surface area contributed by atoms with Gasteiger partial charge < -0.3 is 25.8 Å². The number of benzene rings is 1. The van der Waals surface area contributed by atoms with E-state index in [0.717, 1.165) is 32.1 Å². The Balaban J connectivity index is 1.52. The van der Waals surface area contributed by atoms with Crippen LogP contribution in [0.1, 0.15) is 101 Å². The minimum atomic E-state index is -3.51. The number of aliphatic hydroxyl groups is 1. The molecular weight excluding hydrogens is 694 g/mol. The number of amides is 4. The maximum absolute atomic E-state index is 14.7. The molecule has 4 amide bonds. The number of ketones is 1. The summed E-state index contributed by atoms with van der Waals surface area (Å²) in [5.74, 6) is -4.36. The highest BCUT2D eigenvalue weighted by Crippen LogP contribution is 2.34. The molecule has 1 aromatic heterocycles. The summed E-state index contributed by atoms with van der Waals surface area (Å²) in [6, 6.07) is 3.50. The van der Waals surface area contributed by atoms with Gasteiger partial charge in [-0.15, -0.1) is 5.10 Å². The molecule has 1 saturated carbocycles. The third kappa shape index (κ3) is 8.47. The van der Waals surface area contributed by atoms with Crippen LogP contribution < -0.4 is 11.1 Å². The molecule has 52 heavy (non-hydrogen) atoms. The molecule has 1 aliphatic carbocycles. The van der Waals surface area contributed by atoms with Crippen LogP contribution in [0, 0.1) is 5.92 Å².